The molecule has 0 aliphatic carbocycles. The zero-order valence-corrected chi connectivity index (χ0v) is 15.0. The monoisotopic (exact) mass is 360 g/mol. The summed E-state index contributed by atoms with van der Waals surface area (Å²) in [6.45, 7) is 11.6. The van der Waals surface area contributed by atoms with Gasteiger partial charge in [0.25, 0.3) is 0 Å². The lowest BCUT2D eigenvalue weighted by atomic mass is 9.83. The maximum absolute atomic E-state index is 5.52. The Morgan fingerprint density at radius 1 is 1.40 bits per heavy atom. The van der Waals surface area contributed by atoms with Crippen LogP contribution in [-0.2, 0) is 4.74 Å². The number of morpholine rings is 1. The molecular formula is C15H25BrN2OS. The Morgan fingerprint density at radius 3 is 2.60 bits per heavy atom. The molecule has 0 aromatic carbocycles. The van der Waals surface area contributed by atoms with Gasteiger partial charge in [0.1, 0.15) is 0 Å². The van der Waals surface area contributed by atoms with E-state index in [1.807, 2.05) is 0 Å². The first-order chi connectivity index (χ1) is 9.63. The maximum Gasteiger partial charge on any atom is 0.0594 e. The van der Waals surface area contributed by atoms with Crippen LogP contribution in [0, 0.1) is 0 Å². The van der Waals surface area contributed by atoms with Gasteiger partial charge in [-0.15, -0.1) is 0 Å². The largest absolute Gasteiger partial charge is 0.379 e. The van der Waals surface area contributed by atoms with Crippen molar-refractivity contribution in [2.24, 2.45) is 0 Å². The molecule has 1 aliphatic rings. The lowest BCUT2D eigenvalue weighted by molar-refractivity contribution is -0.0327. The molecule has 1 aliphatic heterocycles. The van der Waals surface area contributed by atoms with Gasteiger partial charge in [0.05, 0.1) is 19.3 Å². The molecule has 5 heteroatoms. The third kappa shape index (κ3) is 3.28. The van der Waals surface area contributed by atoms with Crippen LogP contribution in [-0.4, -0.2) is 43.3 Å². The Hall–Kier alpha value is 0.0600. The quantitative estimate of drug-likeness (QED) is 0.837. The molecule has 0 saturated carbocycles. The first kappa shape index (κ1) is 16.4. The van der Waals surface area contributed by atoms with Crippen LogP contribution < -0.4 is 5.32 Å². The second kappa shape index (κ2) is 7.36. The number of halogens is 1. The zero-order valence-electron chi connectivity index (χ0n) is 12.6. The highest BCUT2D eigenvalue weighted by molar-refractivity contribution is 9.10. The summed E-state index contributed by atoms with van der Waals surface area (Å²) in [5.74, 6) is 0. The minimum atomic E-state index is 0.114. The molecule has 1 aromatic heterocycles. The summed E-state index contributed by atoms with van der Waals surface area (Å²) in [4.78, 5) is 2.59. The molecule has 0 radical (unpaired) electrons. The molecule has 2 unspecified atom stereocenters. The molecular weight excluding hydrogens is 336 g/mol. The molecule has 2 rings (SSSR count). The number of thiophene rings is 1. The van der Waals surface area contributed by atoms with Crippen molar-refractivity contribution in [1.82, 2.24) is 10.2 Å². The van der Waals surface area contributed by atoms with Gasteiger partial charge in [0, 0.05) is 28.5 Å². The molecule has 1 aromatic rings. The van der Waals surface area contributed by atoms with Gasteiger partial charge in [-0.25, -0.2) is 0 Å². The van der Waals surface area contributed by atoms with Crippen molar-refractivity contribution in [2.45, 2.75) is 38.8 Å². The smallest absolute Gasteiger partial charge is 0.0594 e. The molecule has 1 fully saturated rings. The van der Waals surface area contributed by atoms with E-state index in [-0.39, 0.29) is 5.54 Å². The third-order valence-electron chi connectivity index (χ3n) is 4.43. The topological polar surface area (TPSA) is 24.5 Å². The highest BCUT2D eigenvalue weighted by Crippen LogP contribution is 2.39. The van der Waals surface area contributed by atoms with Gasteiger partial charge in [-0.3, -0.25) is 4.90 Å². The van der Waals surface area contributed by atoms with Crippen molar-refractivity contribution < 1.29 is 4.74 Å². The number of hydrogen-bond donors (Lipinski definition) is 1. The van der Waals surface area contributed by atoms with Crippen LogP contribution in [0.4, 0.5) is 0 Å². The Kier molecular flexibility index (Phi) is 6.05. The van der Waals surface area contributed by atoms with Crippen molar-refractivity contribution in [1.29, 1.82) is 0 Å². The fraction of sp³-hybridized carbons (Fsp3) is 0.733. The Morgan fingerprint density at radius 2 is 2.10 bits per heavy atom. The lowest BCUT2D eigenvalue weighted by Gasteiger charge is -2.48. The van der Waals surface area contributed by atoms with Crippen LogP contribution >= 0.6 is 27.3 Å². The van der Waals surface area contributed by atoms with E-state index in [0.717, 1.165) is 39.3 Å². The van der Waals surface area contributed by atoms with E-state index in [2.05, 4.69) is 57.7 Å². The van der Waals surface area contributed by atoms with Gasteiger partial charge < -0.3 is 10.1 Å². The van der Waals surface area contributed by atoms with E-state index in [4.69, 9.17) is 4.74 Å². The summed E-state index contributed by atoms with van der Waals surface area (Å²) in [7, 11) is 0. The van der Waals surface area contributed by atoms with E-state index >= 15 is 0 Å². The van der Waals surface area contributed by atoms with Gasteiger partial charge in [0.2, 0.25) is 0 Å². The van der Waals surface area contributed by atoms with Crippen molar-refractivity contribution in [3.05, 3.63) is 20.8 Å². The number of hydrogen-bond acceptors (Lipinski definition) is 4. The average Bonchev–Trinajstić information content (AvgIpc) is 2.91. The van der Waals surface area contributed by atoms with E-state index in [1.165, 1.54) is 10.0 Å². The Balaban J connectivity index is 2.30. The number of nitrogens with zero attached hydrogens (tertiary/aromatic N) is 1. The van der Waals surface area contributed by atoms with Crippen molar-refractivity contribution in [2.75, 3.05) is 32.8 Å². The minimum absolute atomic E-state index is 0.114. The summed E-state index contributed by atoms with van der Waals surface area (Å²) in [5.41, 5.74) is 1.50. The number of likely N-dealkylation sites (N-methyl/N-ethyl adjacent to an activating group) is 1. The van der Waals surface area contributed by atoms with Gasteiger partial charge in [-0.1, -0.05) is 13.8 Å². The van der Waals surface area contributed by atoms with E-state index in [9.17, 15) is 0 Å². The van der Waals surface area contributed by atoms with Crippen molar-refractivity contribution in [3.8, 4) is 0 Å². The summed E-state index contributed by atoms with van der Waals surface area (Å²) < 4.78 is 6.75. The van der Waals surface area contributed by atoms with E-state index in [1.54, 1.807) is 11.3 Å². The Bertz CT molecular complexity index is 420. The van der Waals surface area contributed by atoms with Gasteiger partial charge in [0.15, 0.2) is 0 Å². The van der Waals surface area contributed by atoms with Crippen LogP contribution in [0.3, 0.4) is 0 Å². The van der Waals surface area contributed by atoms with E-state index < -0.39 is 0 Å². The standard InChI is InChI=1S/C15H25BrN2OS/c1-4-15(3,18-6-8-19-9-7-18)14(17-5-2)12-10-20-11-13(12)16/h10-11,14,17H,4-9H2,1-3H3. The SMILES string of the molecule is CCNC(c1cscc1Br)C(C)(CC)N1CCOCC1. The highest BCUT2D eigenvalue weighted by Gasteiger charge is 2.40. The molecule has 1 N–H and O–H groups in total. The van der Waals surface area contributed by atoms with Crippen molar-refractivity contribution in [3.63, 3.8) is 0 Å². The van der Waals surface area contributed by atoms with Gasteiger partial charge in [-0.05, 0) is 46.8 Å². The molecule has 1 saturated heterocycles. The van der Waals surface area contributed by atoms with Gasteiger partial charge >= 0.3 is 0 Å². The predicted octanol–water partition coefficient (Wildman–Crippen LogP) is 3.66. The van der Waals surface area contributed by atoms with Crippen LogP contribution in [0.2, 0.25) is 0 Å². The maximum atomic E-state index is 5.52. The first-order valence-corrected chi connectivity index (χ1v) is 9.14. The van der Waals surface area contributed by atoms with Gasteiger partial charge in [-0.2, -0.15) is 11.3 Å². The first-order valence-electron chi connectivity index (χ1n) is 7.41. The third-order valence-corrected chi connectivity index (χ3v) is 6.18. The molecule has 0 spiro atoms. The second-order valence-electron chi connectivity index (χ2n) is 5.48. The normalized spacial score (nSPS) is 21.6. The number of ether oxygens (including phenoxy) is 1. The summed E-state index contributed by atoms with van der Waals surface area (Å²) in [5, 5.41) is 8.15. The van der Waals surface area contributed by atoms with Crippen LogP contribution in [0.5, 0.6) is 0 Å². The zero-order chi connectivity index (χ0) is 14.6. The number of nitrogens with one attached hydrogen (secondary N) is 1. The summed E-state index contributed by atoms with van der Waals surface area (Å²) in [6, 6.07) is 0.344. The second-order valence-corrected chi connectivity index (χ2v) is 7.07. The molecule has 20 heavy (non-hydrogen) atoms. The molecule has 2 atom stereocenters. The lowest BCUT2D eigenvalue weighted by Crippen LogP contribution is -2.57. The fourth-order valence-electron chi connectivity index (χ4n) is 3.05. The number of rotatable bonds is 6. The molecule has 2 heterocycles. The molecule has 3 nitrogen and oxygen atoms in total. The molecule has 0 bridgehead atoms. The molecule has 114 valence electrons. The van der Waals surface area contributed by atoms with Crippen molar-refractivity contribution >= 4 is 27.3 Å². The van der Waals surface area contributed by atoms with Crippen LogP contribution in [0.15, 0.2) is 15.2 Å². The minimum Gasteiger partial charge on any atom is -0.379 e. The average molecular weight is 361 g/mol. The summed E-state index contributed by atoms with van der Waals surface area (Å²) >= 11 is 5.47. The fourth-order valence-corrected chi connectivity index (χ4v) is 4.60. The predicted molar refractivity (Wildman–Crippen MR) is 89.5 cm³/mol. The van der Waals surface area contributed by atoms with E-state index in [0.29, 0.717) is 6.04 Å². The highest BCUT2D eigenvalue weighted by atomic mass is 79.9. The van der Waals surface area contributed by atoms with Crippen LogP contribution in [0.1, 0.15) is 38.8 Å². The summed E-state index contributed by atoms with van der Waals surface area (Å²) in [6.07, 6.45) is 1.12. The molecule has 0 amide bonds. The van der Waals surface area contributed by atoms with Crippen LogP contribution in [0.25, 0.3) is 0 Å². The Labute approximate surface area is 134 Å².